The lowest BCUT2D eigenvalue weighted by Crippen LogP contribution is -2.36. The summed E-state index contributed by atoms with van der Waals surface area (Å²) in [5.41, 5.74) is 7.72. The standard InChI is InChI=1S/C11H14N2O/c1-7(2)13-9-6-4-3-5-8(9)10(12)11(13)14/h3-7,10H,12H2,1-2H3. The molecule has 0 bridgehead atoms. The molecule has 74 valence electrons. The van der Waals surface area contributed by atoms with E-state index in [0.29, 0.717) is 0 Å². The first kappa shape index (κ1) is 9.21. The first-order chi connectivity index (χ1) is 6.63. The lowest BCUT2D eigenvalue weighted by Gasteiger charge is -2.21. The molecular formula is C11H14N2O. The molecule has 1 heterocycles. The number of rotatable bonds is 1. The molecule has 1 aromatic carbocycles. The number of hydrogen-bond donors (Lipinski definition) is 1. The third-order valence-electron chi connectivity index (χ3n) is 2.55. The number of para-hydroxylation sites is 1. The number of amides is 1. The predicted molar refractivity (Wildman–Crippen MR) is 56.0 cm³/mol. The van der Waals surface area contributed by atoms with Crippen LogP contribution in [0.25, 0.3) is 0 Å². The maximum Gasteiger partial charge on any atom is 0.248 e. The second-order valence-corrected chi connectivity index (χ2v) is 3.84. The molecule has 0 saturated heterocycles. The predicted octanol–water partition coefficient (Wildman–Crippen LogP) is 1.44. The zero-order chi connectivity index (χ0) is 10.3. The molecule has 0 aromatic heterocycles. The lowest BCUT2D eigenvalue weighted by atomic mass is 10.1. The molecule has 2 N–H and O–H groups in total. The summed E-state index contributed by atoms with van der Waals surface area (Å²) in [7, 11) is 0. The largest absolute Gasteiger partial charge is 0.316 e. The maximum absolute atomic E-state index is 11.8. The molecule has 1 unspecified atom stereocenters. The van der Waals surface area contributed by atoms with Crippen molar-refractivity contribution in [1.29, 1.82) is 0 Å². The van der Waals surface area contributed by atoms with Gasteiger partial charge in [0.05, 0.1) is 0 Å². The summed E-state index contributed by atoms with van der Waals surface area (Å²) in [6.45, 7) is 3.99. The van der Waals surface area contributed by atoms with E-state index in [1.807, 2.05) is 38.1 Å². The Kier molecular flexibility index (Phi) is 2.04. The summed E-state index contributed by atoms with van der Waals surface area (Å²) in [6, 6.07) is 7.39. The molecule has 0 saturated carbocycles. The molecule has 1 aliphatic rings. The van der Waals surface area contributed by atoms with Gasteiger partial charge in [-0.1, -0.05) is 18.2 Å². The number of anilines is 1. The number of hydrogen-bond acceptors (Lipinski definition) is 2. The summed E-state index contributed by atoms with van der Waals surface area (Å²) in [5, 5.41) is 0. The molecule has 0 fully saturated rings. The van der Waals surface area contributed by atoms with Crippen molar-refractivity contribution in [1.82, 2.24) is 0 Å². The Labute approximate surface area is 83.5 Å². The summed E-state index contributed by atoms with van der Waals surface area (Å²) < 4.78 is 0. The number of benzene rings is 1. The van der Waals surface area contributed by atoms with Crippen LogP contribution in [0.3, 0.4) is 0 Å². The third kappa shape index (κ3) is 1.13. The van der Waals surface area contributed by atoms with Crippen molar-refractivity contribution in [2.45, 2.75) is 25.9 Å². The van der Waals surface area contributed by atoms with Gasteiger partial charge in [0.1, 0.15) is 6.04 Å². The zero-order valence-corrected chi connectivity index (χ0v) is 8.40. The van der Waals surface area contributed by atoms with Crippen molar-refractivity contribution in [3.63, 3.8) is 0 Å². The van der Waals surface area contributed by atoms with Gasteiger partial charge in [-0.25, -0.2) is 0 Å². The van der Waals surface area contributed by atoms with E-state index in [2.05, 4.69) is 0 Å². The molecule has 0 spiro atoms. The van der Waals surface area contributed by atoms with Gasteiger partial charge in [0.25, 0.3) is 0 Å². The van der Waals surface area contributed by atoms with E-state index in [-0.39, 0.29) is 11.9 Å². The second-order valence-electron chi connectivity index (χ2n) is 3.84. The number of nitrogens with two attached hydrogens (primary N) is 1. The fourth-order valence-corrected chi connectivity index (χ4v) is 1.90. The van der Waals surface area contributed by atoms with Crippen LogP contribution < -0.4 is 10.6 Å². The zero-order valence-electron chi connectivity index (χ0n) is 8.40. The Morgan fingerprint density at radius 3 is 2.64 bits per heavy atom. The van der Waals surface area contributed by atoms with E-state index >= 15 is 0 Å². The number of nitrogens with zero attached hydrogens (tertiary/aromatic N) is 1. The van der Waals surface area contributed by atoms with Gasteiger partial charge in [0.15, 0.2) is 0 Å². The molecule has 0 radical (unpaired) electrons. The molecule has 3 heteroatoms. The van der Waals surface area contributed by atoms with E-state index in [1.165, 1.54) is 0 Å². The highest BCUT2D eigenvalue weighted by Gasteiger charge is 2.35. The van der Waals surface area contributed by atoms with Crippen molar-refractivity contribution in [3.8, 4) is 0 Å². The van der Waals surface area contributed by atoms with Gasteiger partial charge in [-0.2, -0.15) is 0 Å². The fraction of sp³-hybridized carbons (Fsp3) is 0.364. The van der Waals surface area contributed by atoms with E-state index in [1.54, 1.807) is 4.90 Å². The minimum atomic E-state index is -0.478. The van der Waals surface area contributed by atoms with Crippen LogP contribution in [-0.2, 0) is 4.79 Å². The van der Waals surface area contributed by atoms with Crippen LogP contribution in [0.4, 0.5) is 5.69 Å². The molecule has 1 atom stereocenters. The average Bonchev–Trinajstić information content (AvgIpc) is 2.41. The normalized spacial score (nSPS) is 20.4. The first-order valence-electron chi connectivity index (χ1n) is 4.80. The van der Waals surface area contributed by atoms with Crippen LogP contribution in [-0.4, -0.2) is 11.9 Å². The highest BCUT2D eigenvalue weighted by molar-refractivity contribution is 6.04. The van der Waals surface area contributed by atoms with E-state index in [9.17, 15) is 4.79 Å². The van der Waals surface area contributed by atoms with Crippen molar-refractivity contribution in [3.05, 3.63) is 29.8 Å². The van der Waals surface area contributed by atoms with Crippen molar-refractivity contribution >= 4 is 11.6 Å². The Hall–Kier alpha value is -1.35. The summed E-state index contributed by atoms with van der Waals surface area (Å²) in [6.07, 6.45) is 0. The maximum atomic E-state index is 11.8. The SMILES string of the molecule is CC(C)N1C(=O)C(N)c2ccccc21. The Balaban J connectivity index is 2.53. The Morgan fingerprint density at radius 2 is 2.00 bits per heavy atom. The molecule has 1 aliphatic heterocycles. The molecule has 0 aliphatic carbocycles. The van der Waals surface area contributed by atoms with Gasteiger partial charge >= 0.3 is 0 Å². The summed E-state index contributed by atoms with van der Waals surface area (Å²) in [5.74, 6) is 0.00111. The van der Waals surface area contributed by atoms with Crippen LogP contribution >= 0.6 is 0 Å². The van der Waals surface area contributed by atoms with E-state index in [4.69, 9.17) is 5.73 Å². The average molecular weight is 190 g/mol. The monoisotopic (exact) mass is 190 g/mol. The number of carbonyl (C=O) groups excluding carboxylic acids is 1. The number of carbonyl (C=O) groups is 1. The molecule has 14 heavy (non-hydrogen) atoms. The van der Waals surface area contributed by atoms with Crippen LogP contribution in [0.2, 0.25) is 0 Å². The fourth-order valence-electron chi connectivity index (χ4n) is 1.90. The van der Waals surface area contributed by atoms with E-state index in [0.717, 1.165) is 11.3 Å². The van der Waals surface area contributed by atoms with Gasteiger partial charge in [0, 0.05) is 17.3 Å². The third-order valence-corrected chi connectivity index (χ3v) is 2.55. The first-order valence-corrected chi connectivity index (χ1v) is 4.80. The summed E-state index contributed by atoms with van der Waals surface area (Å²) >= 11 is 0. The second kappa shape index (κ2) is 3.10. The quantitative estimate of drug-likeness (QED) is 0.728. The highest BCUT2D eigenvalue weighted by Crippen LogP contribution is 2.35. The smallest absolute Gasteiger partial charge is 0.248 e. The van der Waals surface area contributed by atoms with Crippen LogP contribution in [0.5, 0.6) is 0 Å². The van der Waals surface area contributed by atoms with Gasteiger partial charge in [-0.3, -0.25) is 4.79 Å². The van der Waals surface area contributed by atoms with Gasteiger partial charge in [-0.05, 0) is 19.9 Å². The van der Waals surface area contributed by atoms with Gasteiger partial charge in [-0.15, -0.1) is 0 Å². The van der Waals surface area contributed by atoms with Crippen molar-refractivity contribution < 1.29 is 4.79 Å². The van der Waals surface area contributed by atoms with Crippen LogP contribution in [0.15, 0.2) is 24.3 Å². The van der Waals surface area contributed by atoms with Crippen molar-refractivity contribution in [2.75, 3.05) is 4.90 Å². The van der Waals surface area contributed by atoms with Crippen LogP contribution in [0.1, 0.15) is 25.5 Å². The van der Waals surface area contributed by atoms with Crippen LogP contribution in [0, 0.1) is 0 Å². The van der Waals surface area contributed by atoms with Gasteiger partial charge in [0.2, 0.25) is 5.91 Å². The van der Waals surface area contributed by atoms with E-state index < -0.39 is 6.04 Å². The Morgan fingerprint density at radius 1 is 1.36 bits per heavy atom. The summed E-state index contributed by atoms with van der Waals surface area (Å²) in [4.78, 5) is 13.6. The van der Waals surface area contributed by atoms with Gasteiger partial charge < -0.3 is 10.6 Å². The molecule has 3 nitrogen and oxygen atoms in total. The number of fused-ring (bicyclic) bond motifs is 1. The Bertz CT molecular complexity index is 373. The molecule has 1 amide bonds. The molecule has 1 aromatic rings. The highest BCUT2D eigenvalue weighted by atomic mass is 16.2. The minimum Gasteiger partial charge on any atom is -0.316 e. The molecular weight excluding hydrogens is 176 g/mol. The minimum absolute atomic E-state index is 0.00111. The van der Waals surface area contributed by atoms with Crippen molar-refractivity contribution in [2.24, 2.45) is 5.73 Å². The topological polar surface area (TPSA) is 46.3 Å². The lowest BCUT2D eigenvalue weighted by molar-refractivity contribution is -0.119. The molecule has 2 rings (SSSR count).